The summed E-state index contributed by atoms with van der Waals surface area (Å²) in [6.07, 6.45) is 0. The lowest BCUT2D eigenvalue weighted by atomic mass is 10.3. The Hall–Kier alpha value is -3.43. The van der Waals surface area contributed by atoms with E-state index in [9.17, 15) is 8.42 Å². The van der Waals surface area contributed by atoms with E-state index in [1.807, 2.05) is 19.9 Å². The second kappa shape index (κ2) is 8.60. The number of anilines is 1. The van der Waals surface area contributed by atoms with Gasteiger partial charge in [-0.3, -0.25) is 4.72 Å². The maximum atomic E-state index is 12.5. The van der Waals surface area contributed by atoms with Gasteiger partial charge in [-0.1, -0.05) is 17.7 Å². The molecule has 0 spiro atoms. The summed E-state index contributed by atoms with van der Waals surface area (Å²) in [6.45, 7) is 5.63. The molecule has 0 saturated heterocycles. The van der Waals surface area contributed by atoms with Gasteiger partial charge < -0.3 is 4.74 Å². The lowest BCUT2D eigenvalue weighted by Gasteiger charge is -2.11. The van der Waals surface area contributed by atoms with Crippen molar-refractivity contribution in [2.45, 2.75) is 25.7 Å². The quantitative estimate of drug-likeness (QED) is 0.434. The van der Waals surface area contributed by atoms with Crippen LogP contribution in [-0.4, -0.2) is 28.2 Å². The van der Waals surface area contributed by atoms with Crippen LogP contribution in [0.3, 0.4) is 0 Å². The molecule has 164 valence electrons. The van der Waals surface area contributed by atoms with Gasteiger partial charge in [-0.15, -0.1) is 0 Å². The maximum Gasteiger partial charge on any atom is 0.261 e. The third kappa shape index (κ3) is 4.90. The number of benzene rings is 2. The predicted molar refractivity (Wildman–Crippen MR) is 122 cm³/mol. The van der Waals surface area contributed by atoms with Gasteiger partial charge in [0.15, 0.2) is 5.82 Å². The Morgan fingerprint density at radius 3 is 2.38 bits per heavy atom. The average molecular weight is 470 g/mol. The molecule has 2 heterocycles. The highest BCUT2D eigenvalue weighted by Crippen LogP contribution is 2.25. The van der Waals surface area contributed by atoms with Crippen molar-refractivity contribution in [1.82, 2.24) is 19.7 Å². The molecule has 4 rings (SSSR count). The fraction of sp³-hybridized carbons (Fsp3) is 0.136. The molecule has 32 heavy (non-hydrogen) atoms. The van der Waals surface area contributed by atoms with Crippen LogP contribution in [0, 0.1) is 20.8 Å². The van der Waals surface area contributed by atoms with Crippen LogP contribution in [-0.2, 0) is 10.0 Å². The van der Waals surface area contributed by atoms with Crippen LogP contribution < -0.4 is 9.46 Å². The molecular weight excluding hydrogens is 450 g/mol. The minimum absolute atomic E-state index is 0.0819. The molecule has 0 bridgehead atoms. The zero-order valence-electron chi connectivity index (χ0n) is 17.6. The number of nitrogens with one attached hydrogen (secondary N) is 1. The first kappa shape index (κ1) is 21.8. The maximum absolute atomic E-state index is 12.5. The molecule has 2 aromatic heterocycles. The van der Waals surface area contributed by atoms with E-state index in [0.29, 0.717) is 34.0 Å². The molecule has 0 aliphatic rings. The smallest absolute Gasteiger partial charge is 0.261 e. The molecule has 0 amide bonds. The lowest BCUT2D eigenvalue weighted by molar-refractivity contribution is 0.459. The first-order valence-corrected chi connectivity index (χ1v) is 11.5. The highest BCUT2D eigenvalue weighted by Gasteiger charge is 2.15. The standard InChI is InChI=1S/C22H20ClN5O3S/c1-14-11-15(2)28(26-14)21-13-22(25-16(3)24-21)31-19-9-7-18(8-10-19)27-32(29,30)20-6-4-5-17(23)12-20/h4-13,27H,1-3H3. The summed E-state index contributed by atoms with van der Waals surface area (Å²) in [5.74, 6) is 1.99. The molecule has 0 aliphatic carbocycles. The highest BCUT2D eigenvalue weighted by atomic mass is 35.5. The van der Waals surface area contributed by atoms with E-state index >= 15 is 0 Å². The average Bonchev–Trinajstić information content (AvgIpc) is 3.07. The second-order valence-electron chi connectivity index (χ2n) is 7.14. The van der Waals surface area contributed by atoms with Crippen LogP contribution in [0.5, 0.6) is 11.6 Å². The Labute approximate surface area is 190 Å². The zero-order valence-corrected chi connectivity index (χ0v) is 19.1. The lowest BCUT2D eigenvalue weighted by Crippen LogP contribution is -2.12. The summed E-state index contributed by atoms with van der Waals surface area (Å²) in [5, 5.41) is 4.79. The summed E-state index contributed by atoms with van der Waals surface area (Å²) in [7, 11) is -3.76. The van der Waals surface area contributed by atoms with Crippen LogP contribution in [0.1, 0.15) is 17.2 Å². The molecule has 10 heteroatoms. The van der Waals surface area contributed by atoms with E-state index in [1.165, 1.54) is 12.1 Å². The topological polar surface area (TPSA) is 99.0 Å². The molecule has 1 N–H and O–H groups in total. The van der Waals surface area contributed by atoms with E-state index in [2.05, 4.69) is 19.8 Å². The van der Waals surface area contributed by atoms with Crippen LogP contribution >= 0.6 is 11.6 Å². The predicted octanol–water partition coefficient (Wildman–Crippen LogP) is 4.83. The molecule has 0 atom stereocenters. The van der Waals surface area contributed by atoms with Crippen molar-refractivity contribution in [3.63, 3.8) is 0 Å². The van der Waals surface area contributed by atoms with Crippen LogP contribution in [0.15, 0.2) is 65.6 Å². The Morgan fingerprint density at radius 2 is 1.72 bits per heavy atom. The number of halogens is 1. The van der Waals surface area contributed by atoms with Crippen molar-refractivity contribution in [2.75, 3.05) is 4.72 Å². The van der Waals surface area contributed by atoms with E-state index in [1.54, 1.807) is 54.1 Å². The van der Waals surface area contributed by atoms with Crippen LogP contribution in [0.4, 0.5) is 5.69 Å². The minimum Gasteiger partial charge on any atom is -0.439 e. The first-order chi connectivity index (χ1) is 15.2. The Morgan fingerprint density at radius 1 is 0.969 bits per heavy atom. The fourth-order valence-corrected chi connectivity index (χ4v) is 4.47. The number of nitrogens with zero attached hydrogens (tertiary/aromatic N) is 4. The largest absolute Gasteiger partial charge is 0.439 e. The van der Waals surface area contributed by atoms with Crippen LogP contribution in [0.25, 0.3) is 5.82 Å². The molecule has 2 aromatic carbocycles. The van der Waals surface area contributed by atoms with Crippen molar-refractivity contribution in [3.8, 4) is 17.4 Å². The Balaban J connectivity index is 1.52. The van der Waals surface area contributed by atoms with Gasteiger partial charge in [0.05, 0.1) is 10.6 Å². The van der Waals surface area contributed by atoms with Gasteiger partial charge in [0.2, 0.25) is 5.88 Å². The molecule has 0 saturated carbocycles. The third-order valence-electron chi connectivity index (χ3n) is 4.46. The van der Waals surface area contributed by atoms with Gasteiger partial charge in [0.25, 0.3) is 10.0 Å². The van der Waals surface area contributed by atoms with Crippen LogP contribution in [0.2, 0.25) is 5.02 Å². The third-order valence-corrected chi connectivity index (χ3v) is 6.08. The van der Waals surface area contributed by atoms with Crippen molar-refractivity contribution in [2.24, 2.45) is 0 Å². The Bertz CT molecular complexity index is 1390. The number of aromatic nitrogens is 4. The monoisotopic (exact) mass is 469 g/mol. The van der Waals surface area contributed by atoms with E-state index in [0.717, 1.165) is 11.4 Å². The summed E-state index contributed by atoms with van der Waals surface area (Å²) in [5.41, 5.74) is 2.22. The fourth-order valence-electron chi connectivity index (χ4n) is 3.11. The van der Waals surface area contributed by atoms with E-state index in [4.69, 9.17) is 16.3 Å². The first-order valence-electron chi connectivity index (χ1n) is 9.65. The summed E-state index contributed by atoms with van der Waals surface area (Å²) in [4.78, 5) is 8.84. The highest BCUT2D eigenvalue weighted by molar-refractivity contribution is 7.92. The van der Waals surface area contributed by atoms with Gasteiger partial charge in [0, 0.05) is 22.5 Å². The SMILES string of the molecule is Cc1cc(C)n(-c2cc(Oc3ccc(NS(=O)(=O)c4cccc(Cl)c4)cc3)nc(C)n2)n1. The molecule has 0 fully saturated rings. The molecule has 0 radical (unpaired) electrons. The van der Waals surface area contributed by atoms with Crippen molar-refractivity contribution in [3.05, 3.63) is 82.9 Å². The molecule has 0 aliphatic heterocycles. The second-order valence-corrected chi connectivity index (χ2v) is 9.26. The van der Waals surface area contributed by atoms with E-state index in [-0.39, 0.29) is 4.90 Å². The molecular formula is C22H20ClN5O3S. The van der Waals surface area contributed by atoms with Gasteiger partial charge >= 0.3 is 0 Å². The van der Waals surface area contributed by atoms with E-state index < -0.39 is 10.0 Å². The number of ether oxygens (including phenoxy) is 1. The number of sulfonamides is 1. The Kier molecular flexibility index (Phi) is 5.86. The zero-order chi connectivity index (χ0) is 22.9. The van der Waals surface area contributed by atoms with Crippen molar-refractivity contribution in [1.29, 1.82) is 0 Å². The van der Waals surface area contributed by atoms with Gasteiger partial charge in [-0.2, -0.15) is 10.1 Å². The van der Waals surface area contributed by atoms with Gasteiger partial charge in [0.1, 0.15) is 11.6 Å². The molecule has 0 unspecified atom stereocenters. The number of hydrogen-bond donors (Lipinski definition) is 1. The normalized spacial score (nSPS) is 11.4. The number of rotatable bonds is 6. The summed E-state index contributed by atoms with van der Waals surface area (Å²) in [6, 6.07) is 16.2. The molecule has 4 aromatic rings. The minimum atomic E-state index is -3.76. The molecule has 8 nitrogen and oxygen atoms in total. The summed E-state index contributed by atoms with van der Waals surface area (Å²) < 4.78 is 35.2. The number of aryl methyl sites for hydroxylation is 3. The number of hydrogen-bond acceptors (Lipinski definition) is 6. The summed E-state index contributed by atoms with van der Waals surface area (Å²) >= 11 is 5.90. The van der Waals surface area contributed by atoms with Gasteiger partial charge in [-0.05, 0) is 69.3 Å². The van der Waals surface area contributed by atoms with Crippen molar-refractivity contribution >= 4 is 27.3 Å². The van der Waals surface area contributed by atoms with Gasteiger partial charge in [-0.25, -0.2) is 18.1 Å². The van der Waals surface area contributed by atoms with Crippen molar-refractivity contribution < 1.29 is 13.2 Å².